The van der Waals surface area contributed by atoms with Crippen molar-refractivity contribution in [3.63, 3.8) is 0 Å². The van der Waals surface area contributed by atoms with Crippen molar-refractivity contribution in [2.45, 2.75) is 4.90 Å². The van der Waals surface area contributed by atoms with Crippen LogP contribution in [0.15, 0.2) is 41.3 Å². The molecule has 2 aromatic carbocycles. The third kappa shape index (κ3) is 5.93. The van der Waals surface area contributed by atoms with Gasteiger partial charge in [0.2, 0.25) is 5.91 Å². The summed E-state index contributed by atoms with van der Waals surface area (Å²) in [7, 11) is 1.51. The van der Waals surface area contributed by atoms with E-state index in [1.54, 1.807) is 6.07 Å². The molecule has 31 heavy (non-hydrogen) atoms. The molecule has 11 heteroatoms. The number of rotatable bonds is 11. The third-order valence-corrected chi connectivity index (χ3v) is 6.26. The minimum absolute atomic E-state index is 0.100. The molecule has 0 heterocycles. The zero-order valence-electron chi connectivity index (χ0n) is 17.7. The first kappa shape index (κ1) is 24.6. The lowest BCUT2D eigenvalue weighted by molar-refractivity contribution is -0.119. The summed E-state index contributed by atoms with van der Waals surface area (Å²) in [5.41, 5.74) is 0.117. The third-order valence-electron chi connectivity index (χ3n) is 4.27. The molecule has 2 aromatic rings. The lowest BCUT2D eigenvalue weighted by Gasteiger charge is -2.26. The zero-order valence-corrected chi connectivity index (χ0v) is 19.2. The van der Waals surface area contributed by atoms with Gasteiger partial charge in [-0.1, -0.05) is 11.6 Å². The maximum atomic E-state index is 13.6. The van der Waals surface area contributed by atoms with E-state index in [4.69, 9.17) is 30.5 Å². The Bertz CT molecular complexity index is 1010. The number of sulfonamides is 1. The largest absolute Gasteiger partial charge is 0.495 e. The fraction of sp³-hybridized carbons (Fsp3) is 0.350. The highest BCUT2D eigenvalue weighted by molar-refractivity contribution is 7.92. The summed E-state index contributed by atoms with van der Waals surface area (Å²) in [6.07, 6.45) is 0. The van der Waals surface area contributed by atoms with Gasteiger partial charge in [-0.3, -0.25) is 9.10 Å². The summed E-state index contributed by atoms with van der Waals surface area (Å²) in [4.78, 5) is 12.4. The number of hydrogen-bond acceptors (Lipinski definition) is 7. The normalized spacial score (nSPS) is 11.0. The average Bonchev–Trinajstić information content (AvgIpc) is 2.76. The van der Waals surface area contributed by atoms with Gasteiger partial charge in [-0.2, -0.15) is 0 Å². The fourth-order valence-electron chi connectivity index (χ4n) is 2.74. The number of halogens is 1. The van der Waals surface area contributed by atoms with E-state index < -0.39 is 22.5 Å². The molecule has 0 aliphatic carbocycles. The fourth-order valence-corrected chi connectivity index (χ4v) is 4.35. The van der Waals surface area contributed by atoms with Crippen LogP contribution in [0, 0.1) is 0 Å². The summed E-state index contributed by atoms with van der Waals surface area (Å²) in [5, 5.41) is 2.89. The molecular formula is C20H25ClN2O7S. The van der Waals surface area contributed by atoms with Crippen LogP contribution < -0.4 is 23.8 Å². The van der Waals surface area contributed by atoms with Gasteiger partial charge in [0, 0.05) is 24.7 Å². The van der Waals surface area contributed by atoms with Crippen LogP contribution in [-0.4, -0.2) is 62.5 Å². The van der Waals surface area contributed by atoms with Crippen molar-refractivity contribution in [1.29, 1.82) is 0 Å². The Morgan fingerprint density at radius 1 is 0.968 bits per heavy atom. The molecule has 0 spiro atoms. The molecule has 0 saturated heterocycles. The molecule has 0 atom stereocenters. The quantitative estimate of drug-likeness (QED) is 0.500. The van der Waals surface area contributed by atoms with Gasteiger partial charge in [0.1, 0.15) is 12.3 Å². The van der Waals surface area contributed by atoms with Gasteiger partial charge in [-0.25, -0.2) is 8.42 Å². The molecule has 170 valence electrons. The zero-order chi connectivity index (χ0) is 23.0. The maximum Gasteiger partial charge on any atom is 0.265 e. The summed E-state index contributed by atoms with van der Waals surface area (Å²) < 4.78 is 48.7. The molecule has 0 unspecified atom stereocenters. The molecule has 0 radical (unpaired) electrons. The molecule has 0 bridgehead atoms. The molecule has 0 aliphatic rings. The number of benzene rings is 2. The summed E-state index contributed by atoms with van der Waals surface area (Å²) in [5.74, 6) is 0.304. The molecule has 0 saturated carbocycles. The van der Waals surface area contributed by atoms with Gasteiger partial charge in [-0.05, 0) is 30.3 Å². The number of nitrogens with zero attached hydrogens (tertiary/aromatic N) is 1. The first-order chi connectivity index (χ1) is 14.8. The van der Waals surface area contributed by atoms with E-state index in [0.29, 0.717) is 5.75 Å². The number of methoxy groups -OCH3 is 4. The first-order valence-corrected chi connectivity index (χ1v) is 10.9. The molecule has 9 nitrogen and oxygen atoms in total. The standard InChI is InChI=1S/C20H25ClN2O7S/c1-27-10-9-22-20(24)13-23(16-11-14(21)5-7-17(16)28-2)31(25,26)15-6-8-18(29-3)19(12-15)30-4/h5-8,11-12H,9-10,13H2,1-4H3,(H,22,24). The Labute approximate surface area is 186 Å². The number of carbonyl (C=O) groups excluding carboxylic acids is 1. The van der Waals surface area contributed by atoms with E-state index >= 15 is 0 Å². The number of nitrogens with one attached hydrogen (secondary N) is 1. The molecule has 1 amide bonds. The molecular weight excluding hydrogens is 448 g/mol. The van der Waals surface area contributed by atoms with Crippen LogP contribution in [0.3, 0.4) is 0 Å². The van der Waals surface area contributed by atoms with Crippen LogP contribution in [0.5, 0.6) is 17.2 Å². The van der Waals surface area contributed by atoms with Crippen LogP contribution in [0.1, 0.15) is 0 Å². The van der Waals surface area contributed by atoms with Crippen LogP contribution >= 0.6 is 11.6 Å². The van der Waals surface area contributed by atoms with Gasteiger partial charge in [0.25, 0.3) is 10.0 Å². The van der Waals surface area contributed by atoms with Crippen molar-refractivity contribution in [2.75, 3.05) is 52.4 Å². The van der Waals surface area contributed by atoms with E-state index in [9.17, 15) is 13.2 Å². The first-order valence-electron chi connectivity index (χ1n) is 9.12. The predicted octanol–water partition coefficient (Wildman–Crippen LogP) is 2.32. The SMILES string of the molecule is COCCNC(=O)CN(c1cc(Cl)ccc1OC)S(=O)(=O)c1ccc(OC)c(OC)c1. The Kier molecular flexibility index (Phi) is 8.78. The Morgan fingerprint density at radius 2 is 1.61 bits per heavy atom. The number of amides is 1. The highest BCUT2D eigenvalue weighted by Crippen LogP contribution is 2.36. The van der Waals surface area contributed by atoms with E-state index in [1.165, 1.54) is 58.8 Å². The number of anilines is 1. The monoisotopic (exact) mass is 472 g/mol. The van der Waals surface area contributed by atoms with Crippen LogP contribution in [0.25, 0.3) is 0 Å². The topological polar surface area (TPSA) is 103 Å². The van der Waals surface area contributed by atoms with Crippen molar-refractivity contribution in [3.8, 4) is 17.2 Å². The second-order valence-corrected chi connectivity index (χ2v) is 8.49. The van der Waals surface area contributed by atoms with Gasteiger partial charge >= 0.3 is 0 Å². The summed E-state index contributed by atoms with van der Waals surface area (Å²) in [6.45, 7) is 0.0119. The second-order valence-electron chi connectivity index (χ2n) is 6.19. The van der Waals surface area contributed by atoms with Gasteiger partial charge in [-0.15, -0.1) is 0 Å². The molecule has 2 rings (SSSR count). The van der Waals surface area contributed by atoms with Crippen molar-refractivity contribution in [2.24, 2.45) is 0 Å². The van der Waals surface area contributed by atoms with E-state index in [-0.39, 0.29) is 40.3 Å². The number of ether oxygens (including phenoxy) is 4. The van der Waals surface area contributed by atoms with Gasteiger partial charge in [0.05, 0.1) is 38.5 Å². The van der Waals surface area contributed by atoms with Crippen molar-refractivity contribution < 1.29 is 32.2 Å². The van der Waals surface area contributed by atoms with Crippen LogP contribution in [-0.2, 0) is 19.6 Å². The minimum Gasteiger partial charge on any atom is -0.495 e. The lowest BCUT2D eigenvalue weighted by Crippen LogP contribution is -2.41. The van der Waals surface area contributed by atoms with Gasteiger partial charge < -0.3 is 24.3 Å². The highest BCUT2D eigenvalue weighted by Gasteiger charge is 2.30. The molecule has 0 aliphatic heterocycles. The molecule has 1 N–H and O–H groups in total. The Balaban J connectivity index is 2.56. The highest BCUT2D eigenvalue weighted by atomic mass is 35.5. The number of carbonyl (C=O) groups is 1. The average molecular weight is 473 g/mol. The summed E-state index contributed by atoms with van der Waals surface area (Å²) >= 11 is 6.11. The predicted molar refractivity (Wildman–Crippen MR) is 117 cm³/mol. The molecule has 0 aromatic heterocycles. The maximum absolute atomic E-state index is 13.6. The van der Waals surface area contributed by atoms with Crippen molar-refractivity contribution in [1.82, 2.24) is 5.32 Å². The number of hydrogen-bond donors (Lipinski definition) is 1. The lowest BCUT2D eigenvalue weighted by atomic mass is 10.3. The van der Waals surface area contributed by atoms with Crippen molar-refractivity contribution in [3.05, 3.63) is 41.4 Å². The van der Waals surface area contributed by atoms with E-state index in [1.807, 2.05) is 0 Å². The van der Waals surface area contributed by atoms with E-state index in [2.05, 4.69) is 5.32 Å². The van der Waals surface area contributed by atoms with Crippen molar-refractivity contribution >= 4 is 33.2 Å². The second kappa shape index (κ2) is 11.1. The summed E-state index contributed by atoms with van der Waals surface area (Å²) in [6, 6.07) is 8.66. The van der Waals surface area contributed by atoms with E-state index in [0.717, 1.165) is 4.31 Å². The minimum atomic E-state index is -4.22. The smallest absolute Gasteiger partial charge is 0.265 e. The Hall–Kier alpha value is -2.69. The molecule has 0 fully saturated rings. The van der Waals surface area contributed by atoms with Crippen LogP contribution in [0.4, 0.5) is 5.69 Å². The Morgan fingerprint density at radius 3 is 2.23 bits per heavy atom. The van der Waals surface area contributed by atoms with Crippen LogP contribution in [0.2, 0.25) is 5.02 Å². The van der Waals surface area contributed by atoms with Gasteiger partial charge in [0.15, 0.2) is 11.5 Å².